The van der Waals surface area contributed by atoms with Gasteiger partial charge in [-0.05, 0) is 35.4 Å². The summed E-state index contributed by atoms with van der Waals surface area (Å²) in [5, 5.41) is 9.59. The number of carboxylic acid groups (broad SMARTS) is 1. The number of rotatable bonds is 2. The summed E-state index contributed by atoms with van der Waals surface area (Å²) in [6.45, 7) is 0. The maximum absolute atomic E-state index is 12.9. The van der Waals surface area contributed by atoms with Gasteiger partial charge >= 0.3 is 5.97 Å². The van der Waals surface area contributed by atoms with Gasteiger partial charge in [0.1, 0.15) is 11.4 Å². The van der Waals surface area contributed by atoms with Crippen LogP contribution in [0.15, 0.2) is 52.9 Å². The minimum Gasteiger partial charge on any atom is -0.475 e. The van der Waals surface area contributed by atoms with E-state index in [0.29, 0.717) is 5.58 Å². The molecule has 0 aliphatic heterocycles. The fraction of sp³-hybridized carbons (Fsp3) is 0. The number of hydrogen-bond acceptors (Lipinski definition) is 2. The molecule has 0 saturated heterocycles. The number of halogens is 1. The van der Waals surface area contributed by atoms with E-state index in [1.165, 1.54) is 18.2 Å². The zero-order valence-corrected chi connectivity index (χ0v) is 9.76. The second-order valence-electron chi connectivity index (χ2n) is 4.18. The van der Waals surface area contributed by atoms with Crippen LogP contribution in [-0.4, -0.2) is 11.1 Å². The van der Waals surface area contributed by atoms with Crippen molar-refractivity contribution in [3.05, 3.63) is 60.1 Å². The van der Waals surface area contributed by atoms with Gasteiger partial charge in [0.25, 0.3) is 0 Å². The van der Waals surface area contributed by atoms with Gasteiger partial charge in [-0.3, -0.25) is 0 Å². The molecule has 3 aromatic rings. The van der Waals surface area contributed by atoms with Crippen LogP contribution in [0.1, 0.15) is 10.6 Å². The van der Waals surface area contributed by atoms with Gasteiger partial charge in [-0.1, -0.05) is 24.3 Å². The Bertz CT molecular complexity index is 757. The van der Waals surface area contributed by atoms with Crippen molar-refractivity contribution >= 4 is 16.9 Å². The molecule has 4 heteroatoms. The van der Waals surface area contributed by atoms with Gasteiger partial charge in [-0.25, -0.2) is 9.18 Å². The zero-order valence-electron chi connectivity index (χ0n) is 9.76. The molecule has 3 nitrogen and oxygen atoms in total. The lowest BCUT2D eigenvalue weighted by Crippen LogP contribution is -1.91. The van der Waals surface area contributed by atoms with E-state index in [1.54, 1.807) is 24.3 Å². The van der Waals surface area contributed by atoms with Gasteiger partial charge in [0.15, 0.2) is 0 Å². The monoisotopic (exact) mass is 256 g/mol. The maximum Gasteiger partial charge on any atom is 0.371 e. The molecular formula is C15H9FO3. The smallest absolute Gasteiger partial charge is 0.371 e. The number of aromatic carboxylic acids is 1. The predicted octanol–water partition coefficient (Wildman–Crippen LogP) is 3.94. The van der Waals surface area contributed by atoms with Crippen molar-refractivity contribution in [2.24, 2.45) is 0 Å². The third-order valence-corrected chi connectivity index (χ3v) is 2.91. The van der Waals surface area contributed by atoms with E-state index in [0.717, 1.165) is 16.5 Å². The first-order chi connectivity index (χ1) is 9.13. The topological polar surface area (TPSA) is 50.4 Å². The van der Waals surface area contributed by atoms with Gasteiger partial charge in [-0.2, -0.15) is 0 Å². The average molecular weight is 256 g/mol. The molecule has 0 aliphatic carbocycles. The summed E-state index contributed by atoms with van der Waals surface area (Å²) >= 11 is 0. The lowest BCUT2D eigenvalue weighted by atomic mass is 10.0. The van der Waals surface area contributed by atoms with Gasteiger partial charge < -0.3 is 9.52 Å². The number of furan rings is 1. The predicted molar refractivity (Wildman–Crippen MR) is 68.6 cm³/mol. The largest absolute Gasteiger partial charge is 0.475 e. The summed E-state index contributed by atoms with van der Waals surface area (Å²) in [6.07, 6.45) is 0. The van der Waals surface area contributed by atoms with Crippen LogP contribution in [0.2, 0.25) is 0 Å². The highest BCUT2D eigenvalue weighted by atomic mass is 19.1. The number of benzene rings is 2. The summed E-state index contributed by atoms with van der Waals surface area (Å²) in [6, 6.07) is 12.9. The van der Waals surface area contributed by atoms with Crippen LogP contribution >= 0.6 is 0 Å². The number of carboxylic acids is 1. The molecule has 0 amide bonds. The Morgan fingerprint density at radius 2 is 1.68 bits per heavy atom. The molecule has 94 valence electrons. The van der Waals surface area contributed by atoms with Crippen LogP contribution in [0.3, 0.4) is 0 Å². The van der Waals surface area contributed by atoms with Crippen molar-refractivity contribution in [3.63, 3.8) is 0 Å². The summed E-state index contributed by atoms with van der Waals surface area (Å²) in [5.74, 6) is -1.48. The standard InChI is InChI=1S/C15H9FO3/c16-12-5-3-9(4-6-12)10-1-2-11-8-14(15(17)18)19-13(11)7-10/h1-8H,(H,17,18). The molecule has 0 radical (unpaired) electrons. The zero-order chi connectivity index (χ0) is 13.4. The lowest BCUT2D eigenvalue weighted by Gasteiger charge is -2.01. The number of carbonyl (C=O) groups is 1. The highest BCUT2D eigenvalue weighted by molar-refractivity contribution is 5.92. The van der Waals surface area contributed by atoms with E-state index in [4.69, 9.17) is 9.52 Å². The summed E-state index contributed by atoms with van der Waals surface area (Å²) < 4.78 is 18.1. The molecule has 0 aliphatic rings. The van der Waals surface area contributed by atoms with E-state index in [1.807, 2.05) is 6.07 Å². The third kappa shape index (κ3) is 2.08. The van der Waals surface area contributed by atoms with E-state index in [-0.39, 0.29) is 11.6 Å². The fourth-order valence-corrected chi connectivity index (χ4v) is 1.96. The Balaban J connectivity index is 2.10. The van der Waals surface area contributed by atoms with Crippen molar-refractivity contribution in [2.75, 3.05) is 0 Å². The van der Waals surface area contributed by atoms with Gasteiger partial charge in [0.2, 0.25) is 5.76 Å². The molecule has 0 spiro atoms. The van der Waals surface area contributed by atoms with Crippen LogP contribution in [0.4, 0.5) is 4.39 Å². The number of fused-ring (bicyclic) bond motifs is 1. The molecule has 2 aromatic carbocycles. The fourth-order valence-electron chi connectivity index (χ4n) is 1.96. The molecule has 1 aromatic heterocycles. The molecule has 0 atom stereocenters. The molecule has 19 heavy (non-hydrogen) atoms. The first-order valence-electron chi connectivity index (χ1n) is 5.66. The SMILES string of the molecule is O=C(O)c1cc2ccc(-c3ccc(F)cc3)cc2o1. The van der Waals surface area contributed by atoms with Crippen LogP contribution < -0.4 is 0 Å². The van der Waals surface area contributed by atoms with Crippen LogP contribution in [0, 0.1) is 5.82 Å². The Labute approximate surface area is 107 Å². The van der Waals surface area contributed by atoms with Crippen molar-refractivity contribution in [1.29, 1.82) is 0 Å². The molecule has 0 saturated carbocycles. The van der Waals surface area contributed by atoms with Gasteiger partial charge in [0.05, 0.1) is 0 Å². The maximum atomic E-state index is 12.9. The summed E-state index contributed by atoms with van der Waals surface area (Å²) in [5.41, 5.74) is 2.19. The minimum atomic E-state index is -1.10. The normalized spacial score (nSPS) is 10.8. The average Bonchev–Trinajstić information content (AvgIpc) is 2.82. The second-order valence-corrected chi connectivity index (χ2v) is 4.18. The Kier molecular flexibility index (Phi) is 2.56. The first kappa shape index (κ1) is 11.5. The Morgan fingerprint density at radius 3 is 2.37 bits per heavy atom. The van der Waals surface area contributed by atoms with E-state index in [9.17, 15) is 9.18 Å². The summed E-state index contributed by atoms with van der Waals surface area (Å²) in [7, 11) is 0. The number of hydrogen-bond donors (Lipinski definition) is 1. The quantitative estimate of drug-likeness (QED) is 0.755. The van der Waals surface area contributed by atoms with Gasteiger partial charge in [0, 0.05) is 5.39 Å². The van der Waals surface area contributed by atoms with Crippen LogP contribution in [0.25, 0.3) is 22.1 Å². The van der Waals surface area contributed by atoms with Crippen LogP contribution in [-0.2, 0) is 0 Å². The first-order valence-corrected chi connectivity index (χ1v) is 5.66. The molecule has 0 unspecified atom stereocenters. The van der Waals surface area contributed by atoms with Crippen molar-refractivity contribution in [1.82, 2.24) is 0 Å². The van der Waals surface area contributed by atoms with Crippen LogP contribution in [0.5, 0.6) is 0 Å². The Morgan fingerprint density at radius 1 is 1.00 bits per heavy atom. The molecule has 3 rings (SSSR count). The lowest BCUT2D eigenvalue weighted by molar-refractivity contribution is 0.0665. The molecule has 1 heterocycles. The third-order valence-electron chi connectivity index (χ3n) is 2.91. The molecule has 0 fully saturated rings. The second kappa shape index (κ2) is 4.24. The molecule has 1 N–H and O–H groups in total. The van der Waals surface area contributed by atoms with E-state index >= 15 is 0 Å². The van der Waals surface area contributed by atoms with Crippen molar-refractivity contribution in [2.45, 2.75) is 0 Å². The van der Waals surface area contributed by atoms with E-state index < -0.39 is 5.97 Å². The highest BCUT2D eigenvalue weighted by Crippen LogP contribution is 2.26. The van der Waals surface area contributed by atoms with Gasteiger partial charge in [-0.15, -0.1) is 0 Å². The van der Waals surface area contributed by atoms with Crippen molar-refractivity contribution < 1.29 is 18.7 Å². The highest BCUT2D eigenvalue weighted by Gasteiger charge is 2.11. The summed E-state index contributed by atoms with van der Waals surface area (Å²) in [4.78, 5) is 10.8. The molecule has 0 bridgehead atoms. The van der Waals surface area contributed by atoms with Crippen molar-refractivity contribution in [3.8, 4) is 11.1 Å². The molecular weight excluding hydrogens is 247 g/mol. The minimum absolute atomic E-state index is 0.0914. The Hall–Kier alpha value is -2.62. The van der Waals surface area contributed by atoms with E-state index in [2.05, 4.69) is 0 Å².